The summed E-state index contributed by atoms with van der Waals surface area (Å²) in [5, 5.41) is 25.5. The van der Waals surface area contributed by atoms with E-state index >= 15 is 0 Å². The first-order chi connectivity index (χ1) is 71.1. The first kappa shape index (κ1) is 119. The summed E-state index contributed by atoms with van der Waals surface area (Å²) in [7, 11) is 0. The number of allylic oxidation sites excluding steroid dienone is 1. The summed E-state index contributed by atoms with van der Waals surface area (Å²) in [6, 6.07) is 57.5. The molecule has 2 aromatic heterocycles. The summed E-state index contributed by atoms with van der Waals surface area (Å²) < 4.78 is 43.0. The number of aliphatic hydroxyl groups is 1. The van der Waals surface area contributed by atoms with Gasteiger partial charge in [-0.05, 0) is 356 Å². The first-order valence-electron chi connectivity index (χ1n) is 58.5. The molecule has 18 heteroatoms. The summed E-state index contributed by atoms with van der Waals surface area (Å²) in [6.45, 7) is 83.1. The lowest BCUT2D eigenvalue weighted by molar-refractivity contribution is -0.0691. The Kier molecular flexibility index (Phi) is 45.6. The fourth-order valence-corrected chi connectivity index (χ4v) is 21.9. The zero-order valence-electron chi connectivity index (χ0n) is 97.3. The van der Waals surface area contributed by atoms with Gasteiger partial charge in [-0.1, -0.05) is 254 Å². The summed E-state index contributed by atoms with van der Waals surface area (Å²) in [6.07, 6.45) is 26.1. The molecule has 16 nitrogen and oxygen atoms in total. The van der Waals surface area contributed by atoms with Crippen LogP contribution in [0.25, 0.3) is 0 Å². The molecule has 0 bridgehead atoms. The molecule has 0 spiro atoms. The number of piperazine rings is 2. The van der Waals surface area contributed by atoms with Crippen molar-refractivity contribution in [2.45, 2.75) is 375 Å². The second kappa shape index (κ2) is 57.0. The number of hydrogen-bond donors (Lipinski definition) is 3. The molecule has 1 atom stereocenters. The van der Waals surface area contributed by atoms with Crippen LogP contribution in [0.4, 0.5) is 31.5 Å². The molecule has 7 aromatic carbocycles. The Bertz CT molecular complexity index is 5380. The Hall–Kier alpha value is -8.56. The van der Waals surface area contributed by atoms with Crippen LogP contribution in [0.2, 0.25) is 0 Å². The molecular weight excluding hydrogens is 1840 g/mol. The maximum absolute atomic E-state index is 14.3. The average Bonchev–Trinajstić information content (AvgIpc) is 1.62. The normalized spacial score (nSPS) is 19.7. The van der Waals surface area contributed by atoms with Crippen LogP contribution in [0.3, 0.4) is 0 Å². The predicted octanol–water partition coefficient (Wildman–Crippen LogP) is 29.2. The minimum absolute atomic E-state index is 0.0123. The molecule has 9 aromatic rings. The second-order valence-corrected chi connectivity index (χ2v) is 49.6. The number of nitrogens with zero attached hydrogens (tertiary/aromatic N) is 11. The summed E-state index contributed by atoms with van der Waals surface area (Å²) in [5.74, 6) is 6.97. The van der Waals surface area contributed by atoms with Gasteiger partial charge in [0.2, 0.25) is 0 Å². The van der Waals surface area contributed by atoms with Crippen molar-refractivity contribution in [2.75, 3.05) is 164 Å². The van der Waals surface area contributed by atoms with E-state index in [1.165, 1.54) is 175 Å². The monoisotopic (exact) mass is 2040 g/mol. The van der Waals surface area contributed by atoms with Crippen molar-refractivity contribution < 1.29 is 23.4 Å². The molecular formula is C131H199F2N13O3. The molecule has 3 N–H and O–H groups in total. The molecule has 820 valence electrons. The van der Waals surface area contributed by atoms with Crippen molar-refractivity contribution in [3.8, 4) is 0 Å². The van der Waals surface area contributed by atoms with E-state index in [0.717, 1.165) is 184 Å². The van der Waals surface area contributed by atoms with E-state index < -0.39 is 5.60 Å². The number of halogens is 2. The van der Waals surface area contributed by atoms with E-state index in [9.17, 15) is 13.9 Å². The van der Waals surface area contributed by atoms with Gasteiger partial charge in [0.25, 0.3) is 0 Å². The molecule has 11 aliphatic rings. The SMILES string of the molecule is C=C1Cc2ccc(C(C)C)cc2C1(C)C.CC(C)c1ccc(C2CCN(C3CCC3)CC2)c(F)c1.CC(C)c1ccc(C2CCNCC2)cc1.CC(C)c1ccc(N2CCC(C)(O)CC2)cc1.CC(C)c1ccc(N2CCCCC2)c(F)c1.CC(C)c1ccc(N2CCN(C3COC3)C[C@H]2C)cc1.CC(C)c1ccc(N2CCN(CC3COC3)CC2)cc1.CC(C)c1cnn(C(C)(C)C)c1.CC(C)c1cnn(C2CCNCC2)c1. The molecule has 149 heavy (non-hydrogen) atoms. The molecule has 0 amide bonds. The van der Waals surface area contributed by atoms with E-state index in [1.807, 2.05) is 36.1 Å². The van der Waals surface area contributed by atoms with Crippen LogP contribution >= 0.6 is 0 Å². The van der Waals surface area contributed by atoms with Gasteiger partial charge in [-0.15, -0.1) is 0 Å². The van der Waals surface area contributed by atoms with Crippen molar-refractivity contribution in [1.82, 2.24) is 44.9 Å². The fourth-order valence-electron chi connectivity index (χ4n) is 21.9. The Morgan fingerprint density at radius 2 is 0.872 bits per heavy atom. The van der Waals surface area contributed by atoms with E-state index in [4.69, 9.17) is 9.47 Å². The van der Waals surface area contributed by atoms with Crippen molar-refractivity contribution in [2.24, 2.45) is 5.92 Å². The molecule has 1 saturated carbocycles. The van der Waals surface area contributed by atoms with Gasteiger partial charge in [0.15, 0.2) is 0 Å². The quantitative estimate of drug-likeness (QED) is 0.0628. The smallest absolute Gasteiger partial charge is 0.146 e. The number of nitrogens with one attached hydrogen (secondary N) is 2. The third-order valence-electron chi connectivity index (χ3n) is 33.7. The van der Waals surface area contributed by atoms with E-state index in [-0.39, 0.29) is 22.6 Å². The van der Waals surface area contributed by atoms with Crippen LogP contribution in [0, 0.1) is 17.6 Å². The Morgan fingerprint density at radius 1 is 0.416 bits per heavy atom. The van der Waals surface area contributed by atoms with Crippen molar-refractivity contribution >= 4 is 22.7 Å². The van der Waals surface area contributed by atoms with E-state index in [2.05, 4.69) is 372 Å². The van der Waals surface area contributed by atoms with Crippen LogP contribution in [0.1, 0.15) is 406 Å². The molecule has 0 radical (unpaired) electrons. The van der Waals surface area contributed by atoms with Crippen molar-refractivity contribution in [3.63, 3.8) is 0 Å². The van der Waals surface area contributed by atoms with E-state index in [1.54, 1.807) is 12.1 Å². The Labute approximate surface area is 902 Å². The average molecular weight is 2040 g/mol. The zero-order chi connectivity index (χ0) is 107. The van der Waals surface area contributed by atoms with Crippen molar-refractivity contribution in [3.05, 3.63) is 273 Å². The topological polar surface area (TPSA) is 121 Å². The Morgan fingerprint density at radius 3 is 1.32 bits per heavy atom. The zero-order valence-corrected chi connectivity index (χ0v) is 97.3. The standard InChI is InChI=1S/C18H26FN.2C17H26N2O.C15H23NO.C15H20.C14H20FN.C14H21N.C11H19N3.C10H18N2/c1-13(2)15-6-7-17(18(19)12-15)14-8-10-20(11-9-14)16-4-3-5-16;1-13(2)15-4-6-16(7-5-15)19-9-8-18(10-14(19)3)17-11-20-12-17;1-14(2)16-3-5-17(6-4-16)19-9-7-18(8-10-19)11-15-12-20-13-15;1-12(2)13-4-6-14(7-5-13)16-10-8-15(3,17)9-11-16;1-10(2)12-6-7-13-8-11(3)15(4,5)14(13)9-12;1-11(2)12-6-7-14(13(15)10-12)16-8-4-3-5-9-16;1-11(2)12-3-5-13(6-4-12)14-7-9-15-10-8-14;1-9(2)10-7-13-14(8-10)11-3-5-12-6-4-11;1-8(2)9-6-11-12(7-9)10(3,4)5/h6-7,12-14,16H,3-5,8-11H2,1-2H3;4-7,13-14,17H,8-12H2,1-3H3;3-6,14-15H,7-13H2,1-2H3;4-7,12,17H,8-11H2,1-3H3;6-7,9-10H,3,8H2,1-2,4-5H3;6-7,10-11H,3-5,8-9H2,1-2H3;3-6,11,14-15H,7-10H2,1-2H3;7-9,11-12H,3-6H2,1-2H3;6-8H,1-5H3/t;14-;;;;;;;/m.1......./s1. The lowest BCUT2D eigenvalue weighted by Gasteiger charge is -2.46. The lowest BCUT2D eigenvalue weighted by atomic mass is 9.82. The highest BCUT2D eigenvalue weighted by molar-refractivity contribution is 5.54. The van der Waals surface area contributed by atoms with Gasteiger partial charge >= 0.3 is 0 Å². The minimum Gasteiger partial charge on any atom is -0.390 e. The van der Waals surface area contributed by atoms with Crippen molar-refractivity contribution in [1.29, 1.82) is 0 Å². The third kappa shape index (κ3) is 35.2. The van der Waals surface area contributed by atoms with Crippen LogP contribution in [-0.4, -0.2) is 207 Å². The van der Waals surface area contributed by atoms with Crippen LogP contribution in [0.5, 0.6) is 0 Å². The number of benzene rings is 7. The summed E-state index contributed by atoms with van der Waals surface area (Å²) >= 11 is 0. The first-order valence-corrected chi connectivity index (χ1v) is 58.5. The minimum atomic E-state index is -0.464. The number of rotatable bonds is 20. The van der Waals surface area contributed by atoms with Crippen LogP contribution in [-0.2, 0) is 26.8 Å². The third-order valence-corrected chi connectivity index (χ3v) is 33.7. The number of anilines is 4. The number of likely N-dealkylation sites (tertiary alicyclic amines) is 1. The van der Waals surface area contributed by atoms with Crippen LogP contribution < -0.4 is 30.2 Å². The molecule has 9 saturated heterocycles. The van der Waals surface area contributed by atoms with Crippen LogP contribution in [0.15, 0.2) is 189 Å². The summed E-state index contributed by atoms with van der Waals surface area (Å²) in [4.78, 5) is 17.4. The molecule has 0 unspecified atom stereocenters. The second-order valence-electron chi connectivity index (χ2n) is 49.6. The lowest BCUT2D eigenvalue weighted by Crippen LogP contribution is -2.59. The number of fused-ring (bicyclic) bond motifs is 1. The molecule has 9 aliphatic heterocycles. The maximum atomic E-state index is 14.3. The predicted molar refractivity (Wildman–Crippen MR) is 628 cm³/mol. The van der Waals surface area contributed by atoms with Gasteiger partial charge in [0, 0.05) is 131 Å². The van der Waals surface area contributed by atoms with Gasteiger partial charge < -0.3 is 49.7 Å². The molecule has 10 fully saturated rings. The maximum Gasteiger partial charge on any atom is 0.146 e. The van der Waals surface area contributed by atoms with Gasteiger partial charge in [-0.2, -0.15) is 10.2 Å². The van der Waals surface area contributed by atoms with Gasteiger partial charge in [0.05, 0.1) is 67.7 Å². The van der Waals surface area contributed by atoms with Gasteiger partial charge in [0.1, 0.15) is 11.6 Å². The van der Waals surface area contributed by atoms with Gasteiger partial charge in [-0.25, -0.2) is 8.78 Å². The van der Waals surface area contributed by atoms with E-state index in [0.29, 0.717) is 77.3 Å². The molecule has 20 rings (SSSR count). The number of piperidine rings is 5. The number of hydrogen-bond acceptors (Lipinski definition) is 14. The highest BCUT2D eigenvalue weighted by Gasteiger charge is 2.37. The largest absolute Gasteiger partial charge is 0.390 e. The highest BCUT2D eigenvalue weighted by atomic mass is 19.1. The number of aromatic nitrogens is 4. The number of ether oxygens (including phenoxy) is 2. The fraction of sp³-hybridized carbons (Fsp3) is 0.618. The molecule has 11 heterocycles. The molecule has 2 aliphatic carbocycles. The highest BCUT2D eigenvalue weighted by Crippen LogP contribution is 2.44. The van der Waals surface area contributed by atoms with Gasteiger partial charge in [-0.3, -0.25) is 19.2 Å². The summed E-state index contributed by atoms with van der Waals surface area (Å²) in [5.41, 5.74) is 23.4. The Balaban J connectivity index is 0.000000149.